The summed E-state index contributed by atoms with van der Waals surface area (Å²) in [6, 6.07) is 9.34. The summed E-state index contributed by atoms with van der Waals surface area (Å²) in [4.78, 5) is 21.3. The smallest absolute Gasteiger partial charge is 0.303 e. The highest BCUT2D eigenvalue weighted by Gasteiger charge is 2.30. The number of esters is 1. The van der Waals surface area contributed by atoms with Gasteiger partial charge < -0.3 is 23.7 Å². The van der Waals surface area contributed by atoms with E-state index in [0.717, 1.165) is 35.9 Å². The van der Waals surface area contributed by atoms with Gasteiger partial charge in [-0.3, -0.25) is 14.8 Å². The van der Waals surface area contributed by atoms with Crippen LogP contribution < -0.4 is 18.9 Å². The third-order valence-corrected chi connectivity index (χ3v) is 6.89. The summed E-state index contributed by atoms with van der Waals surface area (Å²) in [5, 5.41) is 0.771. The molecule has 8 heteroatoms. The molecule has 2 aromatic carbocycles. The van der Waals surface area contributed by atoms with Crippen LogP contribution in [-0.2, 0) is 9.53 Å². The molecule has 0 N–H and O–H groups in total. The maximum absolute atomic E-state index is 12.4. The standard InChI is InChI=1S/C32H34N2O6/c1-20(35)39-31(24-8-9-27-23(30(24)37-5)10-13-32(2,3)40-27)22-11-15-34-26-18-29(28(36-4)17-25(22)26)38-16-12-21-7-6-14-33-19-21/h7-11,13,15,17-19,31H,6,12,14,16H2,1-5H3. The Balaban J connectivity index is 1.55. The lowest BCUT2D eigenvalue weighted by Crippen LogP contribution is -2.27. The van der Waals surface area contributed by atoms with Gasteiger partial charge in [0.05, 0.1) is 31.9 Å². The van der Waals surface area contributed by atoms with Crippen molar-refractivity contribution in [2.24, 2.45) is 4.99 Å². The first-order valence-electron chi connectivity index (χ1n) is 13.3. The van der Waals surface area contributed by atoms with Crippen LogP contribution in [0, 0.1) is 0 Å². The van der Waals surface area contributed by atoms with E-state index in [1.54, 1.807) is 20.4 Å². The third kappa shape index (κ3) is 5.66. The van der Waals surface area contributed by atoms with Gasteiger partial charge >= 0.3 is 5.97 Å². The molecule has 0 saturated heterocycles. The molecule has 3 heterocycles. The van der Waals surface area contributed by atoms with Gasteiger partial charge in [-0.2, -0.15) is 0 Å². The van der Waals surface area contributed by atoms with Crippen molar-refractivity contribution in [1.82, 2.24) is 4.98 Å². The van der Waals surface area contributed by atoms with Crippen molar-refractivity contribution in [2.45, 2.75) is 45.3 Å². The average Bonchev–Trinajstić information content (AvgIpc) is 2.94. The Morgan fingerprint density at radius 3 is 2.67 bits per heavy atom. The summed E-state index contributed by atoms with van der Waals surface area (Å²) >= 11 is 0. The number of hydrogen-bond acceptors (Lipinski definition) is 8. The van der Waals surface area contributed by atoms with Gasteiger partial charge in [-0.05, 0) is 62.3 Å². The van der Waals surface area contributed by atoms with Gasteiger partial charge in [0.25, 0.3) is 0 Å². The van der Waals surface area contributed by atoms with E-state index in [4.69, 9.17) is 23.7 Å². The van der Waals surface area contributed by atoms with Crippen LogP contribution in [0.4, 0.5) is 0 Å². The number of nitrogens with zero attached hydrogens (tertiary/aromatic N) is 2. The zero-order valence-electron chi connectivity index (χ0n) is 23.5. The zero-order valence-corrected chi connectivity index (χ0v) is 23.5. The number of hydrogen-bond donors (Lipinski definition) is 0. The van der Waals surface area contributed by atoms with Crippen LogP contribution in [0.3, 0.4) is 0 Å². The van der Waals surface area contributed by atoms with Crippen LogP contribution >= 0.6 is 0 Å². The Kier molecular flexibility index (Phi) is 7.78. The molecule has 0 spiro atoms. The van der Waals surface area contributed by atoms with E-state index in [9.17, 15) is 4.79 Å². The van der Waals surface area contributed by atoms with E-state index < -0.39 is 17.7 Å². The summed E-state index contributed by atoms with van der Waals surface area (Å²) in [5.74, 6) is 2.01. The van der Waals surface area contributed by atoms with Gasteiger partial charge in [-0.25, -0.2) is 0 Å². The molecular formula is C32H34N2O6. The normalized spacial score (nSPS) is 16.0. The summed E-state index contributed by atoms with van der Waals surface area (Å²) in [7, 11) is 3.20. The van der Waals surface area contributed by atoms with Crippen LogP contribution in [0.2, 0.25) is 0 Å². The number of benzene rings is 2. The van der Waals surface area contributed by atoms with E-state index in [2.05, 4.69) is 16.1 Å². The van der Waals surface area contributed by atoms with E-state index in [0.29, 0.717) is 40.7 Å². The van der Waals surface area contributed by atoms with E-state index in [1.807, 2.05) is 62.5 Å². The fourth-order valence-electron chi connectivity index (χ4n) is 5.02. The number of carbonyl (C=O) groups is 1. The van der Waals surface area contributed by atoms with Crippen molar-refractivity contribution >= 4 is 29.2 Å². The molecule has 0 aliphatic carbocycles. The number of dihydropyridines is 1. The predicted octanol–water partition coefficient (Wildman–Crippen LogP) is 6.26. The SMILES string of the molecule is COc1cc2c(C(OC(C)=O)c3ccc4c(c3OC)C=CC(C)(C)O4)ccnc2cc1OCCC1=CCCN=C1. The van der Waals surface area contributed by atoms with Crippen LogP contribution in [0.25, 0.3) is 17.0 Å². The minimum Gasteiger partial charge on any atom is -0.496 e. The minimum atomic E-state index is -0.763. The van der Waals surface area contributed by atoms with Crippen molar-refractivity contribution in [2.75, 3.05) is 27.4 Å². The number of rotatable bonds is 9. The van der Waals surface area contributed by atoms with E-state index in [1.165, 1.54) is 12.5 Å². The first-order valence-corrected chi connectivity index (χ1v) is 13.3. The highest BCUT2D eigenvalue weighted by Crippen LogP contribution is 2.45. The second-order valence-corrected chi connectivity index (χ2v) is 10.3. The van der Waals surface area contributed by atoms with Crippen molar-refractivity contribution in [3.8, 4) is 23.0 Å². The fraction of sp³-hybridized carbons (Fsp3) is 0.344. The second kappa shape index (κ2) is 11.4. The second-order valence-electron chi connectivity index (χ2n) is 10.3. The first kappa shape index (κ1) is 27.2. The fourth-order valence-corrected chi connectivity index (χ4v) is 5.02. The Bertz CT molecular complexity index is 1520. The lowest BCUT2D eigenvalue weighted by molar-refractivity contribution is -0.144. The van der Waals surface area contributed by atoms with Crippen LogP contribution in [-0.4, -0.2) is 50.1 Å². The largest absolute Gasteiger partial charge is 0.496 e. The summed E-state index contributed by atoms with van der Waals surface area (Å²) in [5.41, 5.74) is 3.64. The highest BCUT2D eigenvalue weighted by atomic mass is 16.5. The molecule has 0 bridgehead atoms. The van der Waals surface area contributed by atoms with Crippen LogP contribution in [0.15, 0.2) is 59.2 Å². The average molecular weight is 543 g/mol. The number of ether oxygens (including phenoxy) is 5. The van der Waals surface area contributed by atoms with E-state index in [-0.39, 0.29) is 0 Å². The van der Waals surface area contributed by atoms with E-state index >= 15 is 0 Å². The summed E-state index contributed by atoms with van der Waals surface area (Å²) in [6.45, 7) is 6.69. The lowest BCUT2D eigenvalue weighted by atomic mass is 9.93. The number of methoxy groups -OCH3 is 2. The Morgan fingerprint density at radius 1 is 1.10 bits per heavy atom. The molecule has 208 valence electrons. The number of pyridine rings is 1. The van der Waals surface area contributed by atoms with Gasteiger partial charge in [0.15, 0.2) is 17.6 Å². The van der Waals surface area contributed by atoms with Gasteiger partial charge in [-0.15, -0.1) is 0 Å². The topological polar surface area (TPSA) is 88.5 Å². The molecule has 40 heavy (non-hydrogen) atoms. The van der Waals surface area contributed by atoms with Crippen molar-refractivity contribution in [3.05, 3.63) is 70.9 Å². The molecular weight excluding hydrogens is 508 g/mol. The molecule has 2 aliphatic heterocycles. The van der Waals surface area contributed by atoms with Gasteiger partial charge in [-0.1, -0.05) is 6.08 Å². The molecule has 1 aromatic heterocycles. The maximum atomic E-state index is 12.4. The Hall–Kier alpha value is -4.33. The molecule has 0 radical (unpaired) electrons. The monoisotopic (exact) mass is 542 g/mol. The Morgan fingerprint density at radius 2 is 1.95 bits per heavy atom. The molecule has 0 saturated carbocycles. The minimum absolute atomic E-state index is 0.421. The summed E-state index contributed by atoms with van der Waals surface area (Å²) in [6.07, 6.45) is 10.7. The zero-order chi connectivity index (χ0) is 28.3. The molecule has 0 fully saturated rings. The molecule has 1 unspecified atom stereocenters. The quantitative estimate of drug-likeness (QED) is 0.295. The predicted molar refractivity (Wildman–Crippen MR) is 155 cm³/mol. The number of carbonyl (C=O) groups excluding carboxylic acids is 1. The van der Waals surface area contributed by atoms with Gasteiger partial charge in [0, 0.05) is 54.9 Å². The molecule has 5 rings (SSSR count). The maximum Gasteiger partial charge on any atom is 0.303 e. The summed E-state index contributed by atoms with van der Waals surface area (Å²) < 4.78 is 29.8. The third-order valence-electron chi connectivity index (χ3n) is 6.89. The first-order chi connectivity index (χ1) is 19.3. The molecule has 2 aliphatic rings. The molecule has 1 atom stereocenters. The van der Waals surface area contributed by atoms with Crippen molar-refractivity contribution < 1.29 is 28.5 Å². The highest BCUT2D eigenvalue weighted by molar-refractivity contribution is 5.87. The van der Waals surface area contributed by atoms with Gasteiger partial charge in [0.2, 0.25) is 0 Å². The lowest BCUT2D eigenvalue weighted by Gasteiger charge is -2.30. The van der Waals surface area contributed by atoms with Crippen molar-refractivity contribution in [3.63, 3.8) is 0 Å². The molecule has 3 aromatic rings. The number of aromatic nitrogens is 1. The molecule has 8 nitrogen and oxygen atoms in total. The number of aliphatic imine (C=N–C) groups is 1. The molecule has 0 amide bonds. The van der Waals surface area contributed by atoms with Crippen molar-refractivity contribution in [1.29, 1.82) is 0 Å². The Labute approximate surface area is 234 Å². The van der Waals surface area contributed by atoms with Gasteiger partial charge in [0.1, 0.15) is 17.1 Å². The van der Waals surface area contributed by atoms with Crippen LogP contribution in [0.5, 0.6) is 23.0 Å². The van der Waals surface area contributed by atoms with Crippen LogP contribution in [0.1, 0.15) is 56.4 Å². The number of fused-ring (bicyclic) bond motifs is 2.